The van der Waals surface area contributed by atoms with Crippen molar-refractivity contribution in [3.63, 3.8) is 0 Å². The lowest BCUT2D eigenvalue weighted by atomic mass is 9.33. The Balaban J connectivity index is 0.960. The number of hydrogen-bond donors (Lipinski definition) is 0. The van der Waals surface area contributed by atoms with Crippen LogP contribution in [0.2, 0.25) is 0 Å². The first kappa shape index (κ1) is 55.7. The molecule has 0 spiro atoms. The number of hydrogen-bond acceptors (Lipinski definition) is 3. The summed E-state index contributed by atoms with van der Waals surface area (Å²) in [5.41, 5.74) is 18.6. The van der Waals surface area contributed by atoms with Crippen LogP contribution in [0.1, 0.15) is 16.7 Å². The van der Waals surface area contributed by atoms with Crippen molar-refractivity contribution in [1.82, 2.24) is 4.57 Å². The van der Waals surface area contributed by atoms with Crippen LogP contribution in [0.25, 0.3) is 94.3 Å². The molecule has 438 valence electrons. The van der Waals surface area contributed by atoms with Gasteiger partial charge in [-0.1, -0.05) is 200 Å². The highest BCUT2D eigenvalue weighted by Gasteiger charge is 2.44. The minimum atomic E-state index is -4.81. The van der Waals surface area contributed by atoms with E-state index in [1.165, 1.54) is 6.07 Å². The molecule has 0 saturated heterocycles. The lowest BCUT2D eigenvalue weighted by Gasteiger charge is -2.44. The minimum Gasteiger partial charge on any atom is -0.311 e. The van der Waals surface area contributed by atoms with Gasteiger partial charge in [-0.25, -0.2) is 0 Å². The minimum absolute atomic E-state index is 0.0544. The van der Waals surface area contributed by atoms with Gasteiger partial charge in [0, 0.05) is 56.0 Å². The predicted octanol–water partition coefficient (Wildman–Crippen LogP) is 20.8. The van der Waals surface area contributed by atoms with E-state index < -0.39 is 29.0 Å². The first-order chi connectivity index (χ1) is 44.8. The van der Waals surface area contributed by atoms with Gasteiger partial charge in [-0.3, -0.25) is 0 Å². The van der Waals surface area contributed by atoms with Crippen LogP contribution in [0.15, 0.2) is 297 Å². The number of fused-ring (bicyclic) bond motifs is 7. The molecule has 92 heavy (non-hydrogen) atoms. The molecule has 0 fully saturated rings. The summed E-state index contributed by atoms with van der Waals surface area (Å²) in [6.07, 6.45) is -9.60. The second-order valence-corrected chi connectivity index (χ2v) is 23.3. The SMILES string of the molecule is N#Cc1cc(C(F)(F)F)ccc1-c1cc(C(F)(F)F)ccc1-n1c2ccccc2c2cc(-c3cc4c5c(c3)N(c3ccc(-c6ccccc6)cc3)c3ccc(-c6ccccc6)cc3B5c3cc(-c5ccccc5)ccc3N4c3ccc(-c4ccccc4)cc3)ccc21. The van der Waals surface area contributed by atoms with Crippen LogP contribution in [0.4, 0.5) is 60.5 Å². The van der Waals surface area contributed by atoms with Gasteiger partial charge in [0.2, 0.25) is 0 Å². The van der Waals surface area contributed by atoms with Crippen molar-refractivity contribution in [1.29, 1.82) is 5.26 Å². The summed E-state index contributed by atoms with van der Waals surface area (Å²) in [5, 5.41) is 11.9. The molecule has 1 aromatic heterocycles. The molecule has 13 aromatic carbocycles. The highest BCUT2D eigenvalue weighted by atomic mass is 19.4. The monoisotopic (exact) mass is 1200 g/mol. The lowest BCUT2D eigenvalue weighted by Crippen LogP contribution is -2.61. The summed E-state index contributed by atoms with van der Waals surface area (Å²) in [7, 11) is 0. The third kappa shape index (κ3) is 9.49. The molecule has 0 bridgehead atoms. The summed E-state index contributed by atoms with van der Waals surface area (Å²) in [6, 6.07) is 98.8. The van der Waals surface area contributed by atoms with E-state index in [0.717, 1.165) is 141 Å². The number of anilines is 6. The summed E-state index contributed by atoms with van der Waals surface area (Å²) < 4.78 is 88.4. The Morgan fingerprint density at radius 3 is 1.21 bits per heavy atom. The molecule has 4 nitrogen and oxygen atoms in total. The Morgan fingerprint density at radius 2 is 0.707 bits per heavy atom. The zero-order valence-corrected chi connectivity index (χ0v) is 48.9. The molecule has 0 radical (unpaired) electrons. The third-order valence-electron chi connectivity index (χ3n) is 18.1. The van der Waals surface area contributed by atoms with Crippen LogP contribution in [-0.2, 0) is 12.4 Å². The molecule has 2 aliphatic heterocycles. The van der Waals surface area contributed by atoms with Gasteiger partial charge in [0.1, 0.15) is 0 Å². The van der Waals surface area contributed by atoms with E-state index in [2.05, 4.69) is 186 Å². The van der Waals surface area contributed by atoms with Gasteiger partial charge in [0.05, 0.1) is 39.5 Å². The number of alkyl halides is 6. The van der Waals surface area contributed by atoms with Gasteiger partial charge in [-0.15, -0.1) is 0 Å². The Kier molecular flexibility index (Phi) is 13.2. The van der Waals surface area contributed by atoms with Crippen LogP contribution in [-0.4, -0.2) is 11.3 Å². The fourth-order valence-electron chi connectivity index (χ4n) is 13.8. The fourth-order valence-corrected chi connectivity index (χ4v) is 13.8. The lowest BCUT2D eigenvalue weighted by molar-refractivity contribution is -0.138. The largest absolute Gasteiger partial charge is 0.416 e. The maximum Gasteiger partial charge on any atom is 0.416 e. The average molecular weight is 1200 g/mol. The van der Waals surface area contributed by atoms with Crippen molar-refractivity contribution < 1.29 is 26.3 Å². The van der Waals surface area contributed by atoms with Gasteiger partial charge >= 0.3 is 12.4 Å². The molecule has 0 amide bonds. The molecular formula is C81H49BF6N4. The number of aromatic nitrogens is 1. The molecule has 11 heteroatoms. The number of benzene rings is 13. The number of rotatable bonds is 9. The van der Waals surface area contributed by atoms with Gasteiger partial charge < -0.3 is 14.4 Å². The summed E-state index contributed by atoms with van der Waals surface area (Å²) in [5.74, 6) is 0. The van der Waals surface area contributed by atoms with E-state index in [1.807, 2.05) is 95.6 Å². The number of nitriles is 1. The first-order valence-electron chi connectivity index (χ1n) is 30.2. The molecule has 0 N–H and O–H groups in total. The van der Waals surface area contributed by atoms with Gasteiger partial charge in [-0.05, 0) is 169 Å². The predicted molar refractivity (Wildman–Crippen MR) is 362 cm³/mol. The Hall–Kier alpha value is -11.6. The van der Waals surface area contributed by atoms with Crippen molar-refractivity contribution in [3.05, 3.63) is 314 Å². The highest BCUT2D eigenvalue weighted by Crippen LogP contribution is 2.49. The molecule has 0 saturated carbocycles. The summed E-state index contributed by atoms with van der Waals surface area (Å²) >= 11 is 0. The third-order valence-corrected chi connectivity index (χ3v) is 18.1. The molecule has 3 heterocycles. The standard InChI is InChI=1S/C81H49BF6N4/c83-80(84,85)62-32-38-66(61(43-62)50-89)69-49-63(81(86,87)88)33-42-74(69)92-72-24-14-13-23-67(72)68-44-57(29-39-73(68)92)60-47-77-79-78(48-60)91(65-36-27-56(28-37-65)52-17-7-2-8-18-52)76-41-31-59(54-21-11-4-12-22-54)46-71(76)82(79)70-45-58(53-19-9-3-10-20-53)30-40-75(70)90(77)64-34-25-55(26-35-64)51-15-5-1-6-16-51/h1-49H. The van der Waals surface area contributed by atoms with Gasteiger partial charge in [0.15, 0.2) is 0 Å². The van der Waals surface area contributed by atoms with Crippen LogP contribution in [0.3, 0.4) is 0 Å². The molecule has 0 unspecified atom stereocenters. The Labute approximate surface area is 527 Å². The summed E-state index contributed by atoms with van der Waals surface area (Å²) in [6.45, 7) is -0.268. The maximum absolute atomic E-state index is 14.7. The average Bonchev–Trinajstić information content (AvgIpc) is 0.762. The Bertz CT molecular complexity index is 5060. The zero-order valence-electron chi connectivity index (χ0n) is 48.9. The quantitative estimate of drug-likeness (QED) is 0.107. The molecule has 16 rings (SSSR count). The highest BCUT2D eigenvalue weighted by molar-refractivity contribution is 7.00. The fraction of sp³-hybridized carbons (Fsp3) is 0.0247. The molecule has 0 aliphatic carbocycles. The van der Waals surface area contributed by atoms with Crippen molar-refractivity contribution in [2.75, 3.05) is 9.80 Å². The van der Waals surface area contributed by atoms with E-state index in [9.17, 15) is 31.6 Å². The summed E-state index contributed by atoms with van der Waals surface area (Å²) in [4.78, 5) is 4.79. The van der Waals surface area contributed by atoms with Crippen molar-refractivity contribution >= 4 is 79.0 Å². The van der Waals surface area contributed by atoms with E-state index in [-0.39, 0.29) is 23.5 Å². The Morgan fingerprint density at radius 1 is 0.304 bits per heavy atom. The van der Waals surface area contributed by atoms with E-state index in [0.29, 0.717) is 17.1 Å². The van der Waals surface area contributed by atoms with Crippen LogP contribution >= 0.6 is 0 Å². The number of halogens is 6. The van der Waals surface area contributed by atoms with Crippen LogP contribution in [0.5, 0.6) is 0 Å². The maximum atomic E-state index is 14.7. The number of para-hydroxylation sites is 1. The number of nitrogens with zero attached hydrogens (tertiary/aromatic N) is 4. The van der Waals surface area contributed by atoms with E-state index >= 15 is 0 Å². The second kappa shape index (κ2) is 21.9. The molecular weight excluding hydrogens is 1150 g/mol. The normalized spacial score (nSPS) is 12.6. The topological polar surface area (TPSA) is 35.2 Å². The molecule has 0 atom stereocenters. The molecule has 2 aliphatic rings. The van der Waals surface area contributed by atoms with Gasteiger partial charge in [0.25, 0.3) is 6.71 Å². The van der Waals surface area contributed by atoms with E-state index in [1.54, 1.807) is 0 Å². The van der Waals surface area contributed by atoms with E-state index in [4.69, 9.17) is 0 Å². The molecule has 14 aromatic rings. The zero-order chi connectivity index (χ0) is 62.4. The van der Waals surface area contributed by atoms with Crippen molar-refractivity contribution in [2.24, 2.45) is 0 Å². The van der Waals surface area contributed by atoms with Crippen LogP contribution < -0.4 is 26.2 Å². The second-order valence-electron chi connectivity index (χ2n) is 23.3. The van der Waals surface area contributed by atoms with Gasteiger partial charge in [-0.2, -0.15) is 31.6 Å². The van der Waals surface area contributed by atoms with Crippen molar-refractivity contribution in [3.8, 4) is 78.5 Å². The van der Waals surface area contributed by atoms with Crippen LogP contribution in [0, 0.1) is 11.3 Å². The smallest absolute Gasteiger partial charge is 0.311 e. The first-order valence-corrected chi connectivity index (χ1v) is 30.2. The van der Waals surface area contributed by atoms with Crippen molar-refractivity contribution in [2.45, 2.75) is 12.4 Å².